The number of benzene rings is 2. The van der Waals surface area contributed by atoms with Crippen molar-refractivity contribution in [2.24, 2.45) is 0 Å². The number of nitrogens with two attached hydrogens (primary N) is 1. The minimum atomic E-state index is 0.519. The fourth-order valence-electron chi connectivity index (χ4n) is 1.86. The zero-order valence-corrected chi connectivity index (χ0v) is 11.8. The predicted molar refractivity (Wildman–Crippen MR) is 81.0 cm³/mol. The van der Waals surface area contributed by atoms with Crippen LogP contribution in [0.4, 0.5) is 5.69 Å². The number of rotatable bonds is 5. The Labute approximate surface area is 119 Å². The number of anilines is 1. The molecule has 2 aromatic rings. The highest BCUT2D eigenvalue weighted by atomic mass is 35.5. The van der Waals surface area contributed by atoms with Gasteiger partial charge in [0, 0.05) is 0 Å². The number of hydrogen-bond donors (Lipinski definition) is 1. The van der Waals surface area contributed by atoms with Gasteiger partial charge in [0.1, 0.15) is 5.75 Å². The molecule has 100 valence electrons. The Morgan fingerprint density at radius 1 is 1.11 bits per heavy atom. The van der Waals surface area contributed by atoms with Crippen molar-refractivity contribution in [1.82, 2.24) is 0 Å². The zero-order valence-electron chi connectivity index (χ0n) is 11.0. The number of ether oxygens (including phenoxy) is 1. The second kappa shape index (κ2) is 6.48. The highest BCUT2D eigenvalue weighted by Gasteiger charge is 2.06. The number of nitrogen functional groups attached to an aromatic ring is 1. The summed E-state index contributed by atoms with van der Waals surface area (Å²) < 4.78 is 5.74. The molecule has 2 rings (SSSR count). The molecule has 2 nitrogen and oxygen atoms in total. The minimum Gasteiger partial charge on any atom is -0.454 e. The maximum atomic E-state index is 6.07. The van der Waals surface area contributed by atoms with E-state index in [0.29, 0.717) is 16.5 Å². The molecule has 0 bridgehead atoms. The molecule has 0 atom stereocenters. The summed E-state index contributed by atoms with van der Waals surface area (Å²) in [6, 6.07) is 13.4. The molecule has 0 aromatic heterocycles. The topological polar surface area (TPSA) is 35.2 Å². The van der Waals surface area contributed by atoms with Crippen LogP contribution in [0.15, 0.2) is 42.5 Å². The van der Waals surface area contributed by atoms with E-state index < -0.39 is 0 Å². The molecule has 19 heavy (non-hydrogen) atoms. The normalized spacial score (nSPS) is 10.4. The molecule has 0 aliphatic heterocycles. The fraction of sp³-hybridized carbons (Fsp3) is 0.250. The van der Waals surface area contributed by atoms with Crippen LogP contribution in [0.2, 0.25) is 5.02 Å². The van der Waals surface area contributed by atoms with Gasteiger partial charge in [-0.2, -0.15) is 0 Å². The molecule has 0 spiro atoms. The third-order valence-corrected chi connectivity index (χ3v) is 3.26. The van der Waals surface area contributed by atoms with Gasteiger partial charge >= 0.3 is 0 Å². The van der Waals surface area contributed by atoms with Crippen molar-refractivity contribution in [2.75, 3.05) is 5.73 Å². The summed E-state index contributed by atoms with van der Waals surface area (Å²) in [5, 5.41) is 0.523. The van der Waals surface area contributed by atoms with Crippen molar-refractivity contribution in [3.8, 4) is 11.5 Å². The van der Waals surface area contributed by atoms with Crippen LogP contribution < -0.4 is 10.5 Å². The largest absolute Gasteiger partial charge is 0.454 e. The van der Waals surface area contributed by atoms with Gasteiger partial charge in [0.25, 0.3) is 0 Å². The van der Waals surface area contributed by atoms with Crippen LogP contribution in [0.5, 0.6) is 11.5 Å². The van der Waals surface area contributed by atoms with Crippen molar-refractivity contribution in [3.63, 3.8) is 0 Å². The Bertz CT molecular complexity index is 517. The Morgan fingerprint density at radius 2 is 1.84 bits per heavy atom. The highest BCUT2D eigenvalue weighted by molar-refractivity contribution is 6.32. The molecule has 3 heteroatoms. The minimum absolute atomic E-state index is 0.519. The van der Waals surface area contributed by atoms with E-state index in [9.17, 15) is 0 Å². The zero-order chi connectivity index (χ0) is 13.7. The first-order valence-corrected chi connectivity index (χ1v) is 6.89. The first kappa shape index (κ1) is 13.8. The van der Waals surface area contributed by atoms with E-state index in [1.807, 2.05) is 12.1 Å². The lowest BCUT2D eigenvalue weighted by Gasteiger charge is -2.10. The summed E-state index contributed by atoms with van der Waals surface area (Å²) in [6.45, 7) is 2.19. The summed E-state index contributed by atoms with van der Waals surface area (Å²) in [6.07, 6.45) is 3.51. The lowest BCUT2D eigenvalue weighted by Crippen LogP contribution is -1.93. The maximum Gasteiger partial charge on any atom is 0.168 e. The molecule has 0 unspecified atom stereocenters. The molecule has 0 heterocycles. The van der Waals surface area contributed by atoms with Crippen molar-refractivity contribution in [3.05, 3.63) is 53.1 Å². The van der Waals surface area contributed by atoms with Crippen LogP contribution in [0.25, 0.3) is 0 Å². The molecular formula is C16H18ClNO. The molecule has 0 amide bonds. The van der Waals surface area contributed by atoms with Gasteiger partial charge in [-0.05, 0) is 42.7 Å². The molecule has 0 aliphatic carbocycles. The van der Waals surface area contributed by atoms with Gasteiger partial charge in [-0.15, -0.1) is 0 Å². The van der Waals surface area contributed by atoms with E-state index in [0.717, 1.165) is 12.2 Å². The molecule has 0 aliphatic rings. The van der Waals surface area contributed by atoms with Gasteiger partial charge < -0.3 is 10.5 Å². The molecule has 2 N–H and O–H groups in total. The SMILES string of the molecule is CCCCc1ccc(Oc2c(N)cccc2Cl)cc1. The summed E-state index contributed by atoms with van der Waals surface area (Å²) in [4.78, 5) is 0. The number of halogens is 1. The van der Waals surface area contributed by atoms with Gasteiger partial charge in [0.2, 0.25) is 0 Å². The first-order chi connectivity index (χ1) is 9.20. The van der Waals surface area contributed by atoms with Gasteiger partial charge in [-0.3, -0.25) is 0 Å². The van der Waals surface area contributed by atoms with Gasteiger partial charge in [0.05, 0.1) is 10.7 Å². The van der Waals surface area contributed by atoms with E-state index in [1.165, 1.54) is 18.4 Å². The summed E-state index contributed by atoms with van der Waals surface area (Å²) in [7, 11) is 0. The fourth-order valence-corrected chi connectivity index (χ4v) is 2.08. The van der Waals surface area contributed by atoms with Gasteiger partial charge in [-0.1, -0.05) is 43.1 Å². The van der Waals surface area contributed by atoms with Crippen LogP contribution >= 0.6 is 11.6 Å². The second-order valence-electron chi connectivity index (χ2n) is 4.51. The van der Waals surface area contributed by atoms with E-state index in [1.54, 1.807) is 18.2 Å². The Morgan fingerprint density at radius 3 is 2.47 bits per heavy atom. The van der Waals surface area contributed by atoms with Crippen molar-refractivity contribution < 1.29 is 4.74 Å². The van der Waals surface area contributed by atoms with Crippen LogP contribution in [-0.4, -0.2) is 0 Å². The number of aryl methyl sites for hydroxylation is 1. The quantitative estimate of drug-likeness (QED) is 0.774. The van der Waals surface area contributed by atoms with E-state index in [-0.39, 0.29) is 0 Å². The maximum absolute atomic E-state index is 6.07. The first-order valence-electron chi connectivity index (χ1n) is 6.51. The van der Waals surface area contributed by atoms with Crippen molar-refractivity contribution >= 4 is 17.3 Å². The third-order valence-electron chi connectivity index (χ3n) is 2.96. The summed E-state index contributed by atoms with van der Waals surface area (Å²) in [5.74, 6) is 1.27. The van der Waals surface area contributed by atoms with Crippen LogP contribution in [0, 0.1) is 0 Å². The van der Waals surface area contributed by atoms with Crippen LogP contribution in [0.3, 0.4) is 0 Å². The lowest BCUT2D eigenvalue weighted by molar-refractivity contribution is 0.485. The molecule has 0 saturated heterocycles. The summed E-state index contributed by atoms with van der Waals surface area (Å²) >= 11 is 6.07. The molecule has 2 aromatic carbocycles. The molecule has 0 radical (unpaired) electrons. The average Bonchev–Trinajstić information content (AvgIpc) is 2.42. The van der Waals surface area contributed by atoms with Crippen LogP contribution in [0.1, 0.15) is 25.3 Å². The Kier molecular flexibility index (Phi) is 4.69. The van der Waals surface area contributed by atoms with Crippen molar-refractivity contribution in [1.29, 1.82) is 0 Å². The van der Waals surface area contributed by atoms with E-state index >= 15 is 0 Å². The van der Waals surface area contributed by atoms with E-state index in [2.05, 4.69) is 19.1 Å². The predicted octanol–water partition coefficient (Wildman–Crippen LogP) is 5.06. The highest BCUT2D eigenvalue weighted by Crippen LogP contribution is 2.34. The summed E-state index contributed by atoms with van der Waals surface area (Å²) in [5.41, 5.74) is 7.72. The second-order valence-corrected chi connectivity index (χ2v) is 4.91. The van der Waals surface area contributed by atoms with Gasteiger partial charge in [-0.25, -0.2) is 0 Å². The van der Waals surface area contributed by atoms with Gasteiger partial charge in [0.15, 0.2) is 5.75 Å². The number of hydrogen-bond acceptors (Lipinski definition) is 2. The number of unbranched alkanes of at least 4 members (excludes halogenated alkanes) is 1. The Balaban J connectivity index is 2.11. The monoisotopic (exact) mass is 275 g/mol. The van der Waals surface area contributed by atoms with Crippen molar-refractivity contribution in [2.45, 2.75) is 26.2 Å². The average molecular weight is 276 g/mol. The molecule has 0 fully saturated rings. The third kappa shape index (κ3) is 3.65. The standard InChI is InChI=1S/C16H18ClNO/c1-2-3-5-12-8-10-13(11-9-12)19-16-14(17)6-4-7-15(16)18/h4,6-11H,2-3,5,18H2,1H3. The molecule has 0 saturated carbocycles. The number of para-hydroxylation sites is 1. The van der Waals surface area contributed by atoms with Crippen LogP contribution in [-0.2, 0) is 6.42 Å². The smallest absolute Gasteiger partial charge is 0.168 e. The Hall–Kier alpha value is -1.67. The van der Waals surface area contributed by atoms with E-state index in [4.69, 9.17) is 22.1 Å². The molecular weight excluding hydrogens is 258 g/mol. The lowest BCUT2D eigenvalue weighted by atomic mass is 10.1.